The summed E-state index contributed by atoms with van der Waals surface area (Å²) in [5.74, 6) is -0.158. The van der Waals surface area contributed by atoms with E-state index in [-0.39, 0.29) is 23.3 Å². The first-order valence-electron chi connectivity index (χ1n) is 10.8. The molecule has 2 aromatic rings. The van der Waals surface area contributed by atoms with Crippen LogP contribution in [0.5, 0.6) is 5.75 Å². The van der Waals surface area contributed by atoms with E-state index in [0.717, 1.165) is 49.8 Å². The van der Waals surface area contributed by atoms with E-state index in [1.54, 1.807) is 4.90 Å². The molecule has 1 aromatic carbocycles. The third-order valence-corrected chi connectivity index (χ3v) is 6.53. The largest absolute Gasteiger partial charge is 0.573 e. The average Bonchev–Trinajstić information content (AvgIpc) is 3.50. The van der Waals surface area contributed by atoms with Gasteiger partial charge in [-0.3, -0.25) is 14.5 Å². The molecule has 0 atom stereocenters. The summed E-state index contributed by atoms with van der Waals surface area (Å²) in [4.78, 5) is 30.7. The third kappa shape index (κ3) is 6.38. The lowest BCUT2D eigenvalue weighted by Gasteiger charge is -2.35. The third-order valence-electron chi connectivity index (χ3n) is 5.62. The van der Waals surface area contributed by atoms with Crippen molar-refractivity contribution in [3.8, 4) is 11.4 Å². The van der Waals surface area contributed by atoms with Crippen molar-refractivity contribution >= 4 is 23.6 Å². The highest BCUT2D eigenvalue weighted by Gasteiger charge is 2.31. The van der Waals surface area contributed by atoms with Crippen LogP contribution in [0.3, 0.4) is 0 Å². The van der Waals surface area contributed by atoms with Crippen LogP contribution in [0.4, 0.5) is 13.2 Å². The summed E-state index contributed by atoms with van der Waals surface area (Å²) in [5.41, 5.74) is 0.436. The highest BCUT2D eigenvalue weighted by Crippen LogP contribution is 2.25. The number of carbonyl (C=O) groups is 2. The van der Waals surface area contributed by atoms with E-state index in [0.29, 0.717) is 43.6 Å². The zero-order valence-electron chi connectivity index (χ0n) is 18.3. The van der Waals surface area contributed by atoms with Crippen LogP contribution in [0, 0.1) is 0 Å². The second kappa shape index (κ2) is 10.6. The second-order valence-corrected chi connectivity index (χ2v) is 8.89. The number of thioether (sulfide) groups is 1. The summed E-state index contributed by atoms with van der Waals surface area (Å²) < 4.78 is 42.2. The lowest BCUT2D eigenvalue weighted by Crippen LogP contribution is -2.51. The topological polar surface area (TPSA) is 96.7 Å². The molecule has 2 aliphatic rings. The zero-order chi connectivity index (χ0) is 24.1. The summed E-state index contributed by atoms with van der Waals surface area (Å²) >= 11 is 1.14. The Balaban J connectivity index is 1.25. The molecule has 10 nitrogen and oxygen atoms in total. The molecule has 2 aliphatic heterocycles. The molecule has 2 fully saturated rings. The van der Waals surface area contributed by atoms with Crippen molar-refractivity contribution in [2.75, 3.05) is 51.6 Å². The van der Waals surface area contributed by atoms with E-state index in [4.69, 9.17) is 0 Å². The van der Waals surface area contributed by atoms with Gasteiger partial charge in [0.05, 0.1) is 18.0 Å². The summed E-state index contributed by atoms with van der Waals surface area (Å²) in [7, 11) is 0. The number of aromatic nitrogens is 4. The molecule has 0 aliphatic carbocycles. The van der Waals surface area contributed by atoms with Crippen molar-refractivity contribution in [3.63, 3.8) is 0 Å². The van der Waals surface area contributed by atoms with Gasteiger partial charge in [-0.05, 0) is 47.5 Å². The van der Waals surface area contributed by atoms with Gasteiger partial charge >= 0.3 is 6.36 Å². The molecule has 4 rings (SSSR count). The van der Waals surface area contributed by atoms with Crippen molar-refractivity contribution in [1.29, 1.82) is 0 Å². The summed E-state index contributed by atoms with van der Waals surface area (Å²) in [5, 5.41) is 11.7. The fraction of sp³-hybridized carbons (Fsp3) is 0.550. The van der Waals surface area contributed by atoms with Crippen LogP contribution in [-0.4, -0.2) is 105 Å². The van der Waals surface area contributed by atoms with Gasteiger partial charge in [-0.15, -0.1) is 18.3 Å². The number of benzene rings is 1. The van der Waals surface area contributed by atoms with Crippen molar-refractivity contribution in [2.24, 2.45) is 0 Å². The normalized spacial score (nSPS) is 17.3. The lowest BCUT2D eigenvalue weighted by atomic mass is 10.3. The number of likely N-dealkylation sites (tertiary alicyclic amines) is 1. The Morgan fingerprint density at radius 1 is 0.941 bits per heavy atom. The standard InChI is InChI=1S/C20H24F3N7O3S/c21-20(22,23)33-16-5-3-15(4-6-16)30-19(24-25-26-30)34-14-18(32)29-11-9-27(10-12-29)13-17(31)28-7-1-2-8-28/h3-6H,1-2,7-14H2. The minimum absolute atomic E-state index is 0.0704. The number of tetrazole rings is 1. The van der Waals surface area contributed by atoms with Crippen LogP contribution in [0.15, 0.2) is 29.4 Å². The number of piperazine rings is 1. The first kappa shape index (κ1) is 24.3. The molecule has 3 heterocycles. The molecule has 14 heteroatoms. The fourth-order valence-corrected chi connectivity index (χ4v) is 4.64. The SMILES string of the molecule is O=C(CSc1nnnn1-c1ccc(OC(F)(F)F)cc1)N1CCN(CC(=O)N2CCCC2)CC1. The highest BCUT2D eigenvalue weighted by atomic mass is 32.2. The average molecular weight is 500 g/mol. The van der Waals surface area contributed by atoms with Gasteiger partial charge in [0.2, 0.25) is 17.0 Å². The van der Waals surface area contributed by atoms with Gasteiger partial charge in [-0.1, -0.05) is 11.8 Å². The Kier molecular flexibility index (Phi) is 7.56. The van der Waals surface area contributed by atoms with Gasteiger partial charge in [-0.25, -0.2) is 0 Å². The molecule has 0 saturated carbocycles. The maximum Gasteiger partial charge on any atom is 0.573 e. The number of hydrogen-bond donors (Lipinski definition) is 0. The van der Waals surface area contributed by atoms with Crippen molar-refractivity contribution < 1.29 is 27.5 Å². The molecular weight excluding hydrogens is 475 g/mol. The summed E-state index contributed by atoms with van der Waals surface area (Å²) in [6.45, 7) is 4.41. The van der Waals surface area contributed by atoms with Gasteiger partial charge in [0.25, 0.3) is 0 Å². The van der Waals surface area contributed by atoms with Crippen LogP contribution >= 0.6 is 11.8 Å². The van der Waals surface area contributed by atoms with Crippen LogP contribution in [-0.2, 0) is 9.59 Å². The number of ether oxygens (including phenoxy) is 1. The molecule has 0 bridgehead atoms. The molecule has 0 unspecified atom stereocenters. The quantitative estimate of drug-likeness (QED) is 0.528. The van der Waals surface area contributed by atoms with Crippen molar-refractivity contribution in [3.05, 3.63) is 24.3 Å². The number of halogens is 3. The number of hydrogen-bond acceptors (Lipinski definition) is 8. The van der Waals surface area contributed by atoms with E-state index in [2.05, 4.69) is 25.2 Å². The maximum atomic E-state index is 12.7. The van der Waals surface area contributed by atoms with Gasteiger partial charge in [0, 0.05) is 39.3 Å². The monoisotopic (exact) mass is 499 g/mol. The van der Waals surface area contributed by atoms with Gasteiger partial charge in [-0.2, -0.15) is 4.68 Å². The molecule has 34 heavy (non-hydrogen) atoms. The fourth-order valence-electron chi connectivity index (χ4n) is 3.85. The minimum atomic E-state index is -4.77. The van der Waals surface area contributed by atoms with Crippen molar-refractivity contribution in [1.82, 2.24) is 34.9 Å². The highest BCUT2D eigenvalue weighted by molar-refractivity contribution is 7.99. The Morgan fingerprint density at radius 3 is 2.24 bits per heavy atom. The van der Waals surface area contributed by atoms with Crippen molar-refractivity contribution in [2.45, 2.75) is 24.4 Å². The zero-order valence-corrected chi connectivity index (χ0v) is 19.1. The smallest absolute Gasteiger partial charge is 0.406 e. The Bertz CT molecular complexity index is 988. The van der Waals surface area contributed by atoms with E-state index in [1.807, 2.05) is 4.90 Å². The van der Waals surface area contributed by atoms with E-state index < -0.39 is 6.36 Å². The molecule has 184 valence electrons. The lowest BCUT2D eigenvalue weighted by molar-refractivity contribution is -0.274. The molecule has 2 saturated heterocycles. The Labute approximate surface area is 198 Å². The van der Waals surface area contributed by atoms with Crippen LogP contribution in [0.25, 0.3) is 5.69 Å². The molecular formula is C20H24F3N7O3S. The first-order chi connectivity index (χ1) is 16.3. The molecule has 0 N–H and O–H groups in total. The maximum absolute atomic E-state index is 12.7. The Hall–Kier alpha value is -2.87. The van der Waals surface area contributed by atoms with Gasteiger partial charge in [0.15, 0.2) is 0 Å². The van der Waals surface area contributed by atoms with Crippen LogP contribution in [0.2, 0.25) is 0 Å². The number of carbonyl (C=O) groups excluding carboxylic acids is 2. The number of amides is 2. The minimum Gasteiger partial charge on any atom is -0.406 e. The number of nitrogens with zero attached hydrogens (tertiary/aromatic N) is 7. The molecule has 1 aromatic heterocycles. The van der Waals surface area contributed by atoms with Crippen LogP contribution < -0.4 is 4.74 Å². The molecule has 0 spiro atoms. The predicted molar refractivity (Wildman–Crippen MR) is 115 cm³/mol. The Morgan fingerprint density at radius 2 is 1.59 bits per heavy atom. The van der Waals surface area contributed by atoms with E-state index in [9.17, 15) is 22.8 Å². The van der Waals surface area contributed by atoms with E-state index in [1.165, 1.54) is 16.8 Å². The number of rotatable bonds is 7. The second-order valence-electron chi connectivity index (χ2n) is 7.95. The van der Waals surface area contributed by atoms with Gasteiger partial charge < -0.3 is 14.5 Å². The molecule has 0 radical (unpaired) electrons. The predicted octanol–water partition coefficient (Wildman–Crippen LogP) is 1.42. The van der Waals surface area contributed by atoms with Gasteiger partial charge in [0.1, 0.15) is 5.75 Å². The number of alkyl halides is 3. The first-order valence-corrected chi connectivity index (χ1v) is 11.8. The van der Waals surface area contributed by atoms with Crippen LogP contribution in [0.1, 0.15) is 12.8 Å². The molecule has 2 amide bonds. The summed E-state index contributed by atoms with van der Waals surface area (Å²) in [6, 6.07) is 5.12. The summed E-state index contributed by atoms with van der Waals surface area (Å²) in [6.07, 6.45) is -2.65. The van der Waals surface area contributed by atoms with E-state index >= 15 is 0 Å².